The van der Waals surface area contributed by atoms with E-state index in [2.05, 4.69) is 0 Å². The molecule has 1 rings (SSSR count). The summed E-state index contributed by atoms with van der Waals surface area (Å²) in [7, 11) is 1.65. The van der Waals surface area contributed by atoms with Crippen LogP contribution in [0, 0.1) is 5.92 Å². The van der Waals surface area contributed by atoms with Crippen LogP contribution in [0.4, 0.5) is 4.79 Å². The molecule has 0 aromatic rings. The van der Waals surface area contributed by atoms with Crippen LogP contribution in [0.15, 0.2) is 0 Å². The highest BCUT2D eigenvalue weighted by molar-refractivity contribution is 14.1. The van der Waals surface area contributed by atoms with Gasteiger partial charge in [0, 0.05) is 35.6 Å². The average molecular weight is 283 g/mol. The summed E-state index contributed by atoms with van der Waals surface area (Å²) in [5, 5.41) is 9.69. The maximum atomic E-state index is 10.9. The van der Waals surface area contributed by atoms with Crippen molar-refractivity contribution >= 4 is 26.5 Å². The lowest BCUT2D eigenvalue weighted by Crippen LogP contribution is -2.38. The number of hydrogen-bond acceptors (Lipinski definition) is 2. The second kappa shape index (κ2) is 4.41. The largest absolute Gasteiger partial charge is 0.373 e. The van der Waals surface area contributed by atoms with Crippen LogP contribution in [0.1, 0.15) is 25.7 Å². The number of carbonyl (C=O) groups excluding carboxylic acids is 1. The number of halogens is 1. The molecule has 1 amide bonds. The van der Waals surface area contributed by atoms with Gasteiger partial charge in [0.15, 0.2) is 0 Å². The third kappa shape index (κ3) is 2.32. The summed E-state index contributed by atoms with van der Waals surface area (Å²) in [5.41, 5.74) is 0. The molecule has 0 heterocycles. The molecule has 0 aromatic carbocycles. The molecule has 1 saturated carbocycles. The van der Waals surface area contributed by atoms with Gasteiger partial charge in [-0.25, -0.2) is 0 Å². The van der Waals surface area contributed by atoms with Crippen molar-refractivity contribution in [1.82, 2.24) is 4.90 Å². The summed E-state index contributed by atoms with van der Waals surface area (Å²) in [6, 6.07) is 0. The van der Waals surface area contributed by atoms with E-state index in [1.165, 1.54) is 17.7 Å². The zero-order valence-electron chi connectivity index (χ0n) is 7.16. The first-order valence-corrected chi connectivity index (χ1v) is 5.31. The van der Waals surface area contributed by atoms with Crippen LogP contribution in [0.5, 0.6) is 0 Å². The van der Waals surface area contributed by atoms with Gasteiger partial charge in [0.1, 0.15) is 6.23 Å². The Bertz CT molecular complexity index is 168. The Morgan fingerprint density at radius 1 is 1.58 bits per heavy atom. The number of aliphatic hydroxyl groups is 1. The highest BCUT2D eigenvalue weighted by Gasteiger charge is 2.27. The molecule has 1 N–H and O–H groups in total. The predicted octanol–water partition coefficient (Wildman–Crippen LogP) is 1.98. The molecule has 4 heteroatoms. The average Bonchev–Trinajstić information content (AvgIpc) is 2.53. The van der Waals surface area contributed by atoms with Crippen molar-refractivity contribution in [3.63, 3.8) is 0 Å². The first-order valence-electron chi connectivity index (χ1n) is 4.23. The minimum absolute atomic E-state index is 0.0907. The first-order chi connectivity index (χ1) is 5.63. The molecule has 1 unspecified atom stereocenters. The lowest BCUT2D eigenvalue weighted by atomic mass is 10.1. The molecule has 1 fully saturated rings. The van der Waals surface area contributed by atoms with Crippen LogP contribution >= 0.6 is 22.6 Å². The normalized spacial score (nSPS) is 20.9. The highest BCUT2D eigenvalue weighted by atomic mass is 127. The SMILES string of the molecule is CN(C(=O)I)C(O)C1CCCC1. The van der Waals surface area contributed by atoms with Crippen molar-refractivity contribution in [2.75, 3.05) is 7.05 Å². The van der Waals surface area contributed by atoms with Gasteiger partial charge in [-0.1, -0.05) is 12.8 Å². The number of aliphatic hydroxyl groups excluding tert-OH is 1. The summed E-state index contributed by atoms with van der Waals surface area (Å²) >= 11 is 1.70. The Labute approximate surface area is 86.3 Å². The number of nitrogens with zero attached hydrogens (tertiary/aromatic N) is 1. The highest BCUT2D eigenvalue weighted by Crippen LogP contribution is 2.29. The van der Waals surface area contributed by atoms with E-state index in [1.807, 2.05) is 0 Å². The molecule has 1 aliphatic carbocycles. The van der Waals surface area contributed by atoms with Gasteiger partial charge < -0.3 is 10.0 Å². The lowest BCUT2D eigenvalue weighted by Gasteiger charge is -2.26. The zero-order valence-corrected chi connectivity index (χ0v) is 9.32. The van der Waals surface area contributed by atoms with E-state index in [1.54, 1.807) is 29.6 Å². The van der Waals surface area contributed by atoms with Gasteiger partial charge in [0.05, 0.1) is 0 Å². The quantitative estimate of drug-likeness (QED) is 0.364. The number of hydrogen-bond donors (Lipinski definition) is 1. The molecule has 0 bridgehead atoms. The molecular weight excluding hydrogens is 269 g/mol. The number of carbonyl (C=O) groups is 1. The fourth-order valence-electron chi connectivity index (χ4n) is 1.68. The smallest absolute Gasteiger partial charge is 0.284 e. The Kier molecular flexibility index (Phi) is 3.77. The van der Waals surface area contributed by atoms with Crippen molar-refractivity contribution in [2.45, 2.75) is 31.9 Å². The van der Waals surface area contributed by atoms with Crippen molar-refractivity contribution in [2.24, 2.45) is 5.92 Å². The number of rotatable bonds is 2. The van der Waals surface area contributed by atoms with Crippen LogP contribution in [0.2, 0.25) is 0 Å². The molecule has 12 heavy (non-hydrogen) atoms. The van der Waals surface area contributed by atoms with E-state index < -0.39 is 6.23 Å². The van der Waals surface area contributed by atoms with Crippen LogP contribution in [0.3, 0.4) is 0 Å². The summed E-state index contributed by atoms with van der Waals surface area (Å²) in [4.78, 5) is 12.3. The first kappa shape index (κ1) is 10.2. The van der Waals surface area contributed by atoms with Crippen LogP contribution in [-0.2, 0) is 0 Å². The third-order valence-electron chi connectivity index (χ3n) is 2.50. The van der Waals surface area contributed by atoms with Crippen molar-refractivity contribution < 1.29 is 9.90 Å². The number of amides is 1. The topological polar surface area (TPSA) is 40.5 Å². The van der Waals surface area contributed by atoms with E-state index in [0.29, 0.717) is 5.92 Å². The van der Waals surface area contributed by atoms with Gasteiger partial charge in [-0.05, 0) is 12.8 Å². The van der Waals surface area contributed by atoms with E-state index in [-0.39, 0.29) is 3.91 Å². The summed E-state index contributed by atoms with van der Waals surface area (Å²) < 4.78 is -0.0907. The molecule has 0 aliphatic heterocycles. The minimum atomic E-state index is -0.572. The molecular formula is C8H14INO2. The second-order valence-electron chi connectivity index (χ2n) is 3.32. The Morgan fingerprint density at radius 3 is 2.50 bits per heavy atom. The van der Waals surface area contributed by atoms with Crippen LogP contribution < -0.4 is 0 Å². The van der Waals surface area contributed by atoms with Gasteiger partial charge >= 0.3 is 0 Å². The summed E-state index contributed by atoms with van der Waals surface area (Å²) in [5.74, 6) is 0.300. The molecule has 0 radical (unpaired) electrons. The minimum Gasteiger partial charge on any atom is -0.373 e. The van der Waals surface area contributed by atoms with Crippen molar-refractivity contribution in [3.8, 4) is 0 Å². The van der Waals surface area contributed by atoms with E-state index >= 15 is 0 Å². The molecule has 3 nitrogen and oxygen atoms in total. The second-order valence-corrected chi connectivity index (χ2v) is 4.24. The lowest BCUT2D eigenvalue weighted by molar-refractivity contribution is 0.00886. The van der Waals surface area contributed by atoms with Crippen LogP contribution in [-0.4, -0.2) is 27.2 Å². The fourth-order valence-corrected chi connectivity index (χ4v) is 1.96. The summed E-state index contributed by atoms with van der Waals surface area (Å²) in [6.45, 7) is 0. The maximum absolute atomic E-state index is 10.9. The standard InChI is InChI=1S/C8H14INO2/c1-10(8(9)12)7(11)6-4-2-3-5-6/h6-7,11H,2-5H2,1H3. The van der Waals surface area contributed by atoms with Crippen LogP contribution in [0.25, 0.3) is 0 Å². The predicted molar refractivity (Wildman–Crippen MR) is 55.1 cm³/mol. The van der Waals surface area contributed by atoms with Gasteiger partial charge in [-0.2, -0.15) is 0 Å². The van der Waals surface area contributed by atoms with Gasteiger partial charge in [-0.3, -0.25) is 4.79 Å². The Hall–Kier alpha value is 0.160. The maximum Gasteiger partial charge on any atom is 0.284 e. The van der Waals surface area contributed by atoms with Crippen molar-refractivity contribution in [1.29, 1.82) is 0 Å². The summed E-state index contributed by atoms with van der Waals surface area (Å²) in [6.07, 6.45) is 3.90. The molecule has 1 aliphatic rings. The molecule has 0 aromatic heterocycles. The molecule has 1 atom stereocenters. The monoisotopic (exact) mass is 283 g/mol. The van der Waals surface area contributed by atoms with Crippen molar-refractivity contribution in [3.05, 3.63) is 0 Å². The van der Waals surface area contributed by atoms with E-state index in [9.17, 15) is 9.90 Å². The third-order valence-corrected chi connectivity index (χ3v) is 3.26. The van der Waals surface area contributed by atoms with Gasteiger partial charge in [-0.15, -0.1) is 0 Å². The van der Waals surface area contributed by atoms with E-state index in [0.717, 1.165) is 12.8 Å². The molecule has 0 spiro atoms. The fraction of sp³-hybridized carbons (Fsp3) is 0.875. The van der Waals surface area contributed by atoms with Gasteiger partial charge in [0.2, 0.25) is 0 Å². The molecule has 70 valence electrons. The van der Waals surface area contributed by atoms with Gasteiger partial charge in [0.25, 0.3) is 3.91 Å². The Morgan fingerprint density at radius 2 is 2.08 bits per heavy atom. The Balaban J connectivity index is 2.44. The van der Waals surface area contributed by atoms with E-state index in [4.69, 9.17) is 0 Å². The zero-order chi connectivity index (χ0) is 9.14. The molecule has 0 saturated heterocycles.